The minimum atomic E-state index is -3.30. The maximum Gasteiger partial charge on any atom is 0.305 e. The fourth-order valence-corrected chi connectivity index (χ4v) is 4.54. The monoisotopic (exact) mass is 449 g/mol. The van der Waals surface area contributed by atoms with E-state index < -0.39 is 23.5 Å². The highest BCUT2D eigenvalue weighted by Crippen LogP contribution is 2.41. The Morgan fingerprint density at radius 3 is 2.58 bits per heavy atom. The molecule has 31 heavy (non-hydrogen) atoms. The molecule has 0 amide bonds. The molecule has 0 aromatic carbocycles. The molecule has 0 aliphatic carbocycles. The standard InChI is InChI=1S/C20H22F3N7S/c1-10-12(6-24)16-27-18(20(4,22)23)28-30(16)17(15(10)13-8-31-11(2)26-13)29-7-14(21)19(3,9-29)25-5/h8,14,25H,7,9H2,1-5H3/t14?,19-/m1/s1. The predicted octanol–water partition coefficient (Wildman–Crippen LogP) is 3.59. The Labute approximate surface area is 181 Å². The van der Waals surface area contributed by atoms with E-state index in [1.807, 2.05) is 12.3 Å². The summed E-state index contributed by atoms with van der Waals surface area (Å²) in [4.78, 5) is 10.3. The van der Waals surface area contributed by atoms with Crippen molar-refractivity contribution in [2.45, 2.75) is 45.3 Å². The zero-order chi connectivity index (χ0) is 22.7. The first-order valence-electron chi connectivity index (χ1n) is 9.72. The molecule has 1 fully saturated rings. The van der Waals surface area contributed by atoms with Gasteiger partial charge in [-0.1, -0.05) is 0 Å². The van der Waals surface area contributed by atoms with Crippen molar-refractivity contribution in [1.82, 2.24) is 24.9 Å². The molecule has 3 aromatic rings. The van der Waals surface area contributed by atoms with Gasteiger partial charge in [0.15, 0.2) is 5.65 Å². The minimum absolute atomic E-state index is 0.0238. The molecule has 11 heteroatoms. The third kappa shape index (κ3) is 3.34. The van der Waals surface area contributed by atoms with Crippen LogP contribution in [0.15, 0.2) is 5.38 Å². The summed E-state index contributed by atoms with van der Waals surface area (Å²) in [6, 6.07) is 2.08. The average molecular weight is 450 g/mol. The Balaban J connectivity index is 2.08. The Bertz CT molecular complexity index is 1210. The number of fused-ring (bicyclic) bond motifs is 1. The molecule has 2 atom stereocenters. The fraction of sp³-hybridized carbons (Fsp3) is 0.500. The summed E-state index contributed by atoms with van der Waals surface area (Å²) < 4.78 is 44.4. The molecule has 1 unspecified atom stereocenters. The van der Waals surface area contributed by atoms with Crippen LogP contribution in [0, 0.1) is 25.2 Å². The van der Waals surface area contributed by atoms with Crippen LogP contribution in [0.1, 0.15) is 35.8 Å². The first-order valence-corrected chi connectivity index (χ1v) is 10.6. The minimum Gasteiger partial charge on any atom is -0.351 e. The van der Waals surface area contributed by atoms with Crippen LogP contribution in [-0.4, -0.2) is 51.4 Å². The van der Waals surface area contributed by atoms with Crippen molar-refractivity contribution in [3.63, 3.8) is 0 Å². The molecule has 4 rings (SSSR count). The number of aryl methyl sites for hydroxylation is 1. The van der Waals surface area contributed by atoms with E-state index in [1.54, 1.807) is 25.8 Å². The predicted molar refractivity (Wildman–Crippen MR) is 112 cm³/mol. The Morgan fingerprint density at radius 2 is 2.06 bits per heavy atom. The number of hydrogen-bond acceptors (Lipinski definition) is 7. The molecule has 164 valence electrons. The number of hydrogen-bond donors (Lipinski definition) is 1. The SMILES string of the molecule is CN[C@]1(C)CN(c2c(-c3csc(C)n3)c(C)c(C#N)c3nc(C(C)(F)F)nn23)CC1F. The van der Waals surface area contributed by atoms with Crippen molar-refractivity contribution in [2.24, 2.45) is 0 Å². The summed E-state index contributed by atoms with van der Waals surface area (Å²) in [5, 5.41) is 19.5. The lowest BCUT2D eigenvalue weighted by atomic mass is 10.0. The summed E-state index contributed by atoms with van der Waals surface area (Å²) in [6.45, 7) is 6.36. The smallest absolute Gasteiger partial charge is 0.305 e. The van der Waals surface area contributed by atoms with Gasteiger partial charge in [-0.05, 0) is 33.4 Å². The third-order valence-corrected chi connectivity index (χ3v) is 6.62. The number of nitrogens with one attached hydrogen (secondary N) is 1. The van der Waals surface area contributed by atoms with Crippen LogP contribution in [0.2, 0.25) is 0 Å². The molecular weight excluding hydrogens is 427 g/mol. The van der Waals surface area contributed by atoms with E-state index in [2.05, 4.69) is 26.5 Å². The highest BCUT2D eigenvalue weighted by molar-refractivity contribution is 7.09. The van der Waals surface area contributed by atoms with Crippen molar-refractivity contribution in [2.75, 3.05) is 25.0 Å². The Kier molecular flexibility index (Phi) is 4.98. The quantitative estimate of drug-likeness (QED) is 0.656. The average Bonchev–Trinajstić information content (AvgIpc) is 3.39. The summed E-state index contributed by atoms with van der Waals surface area (Å²) in [7, 11) is 1.69. The van der Waals surface area contributed by atoms with Crippen molar-refractivity contribution >= 4 is 22.8 Å². The number of nitriles is 1. The number of alkyl halides is 3. The number of anilines is 1. The molecule has 0 bridgehead atoms. The van der Waals surface area contributed by atoms with Crippen LogP contribution in [0.5, 0.6) is 0 Å². The van der Waals surface area contributed by atoms with Crippen LogP contribution in [0.4, 0.5) is 19.0 Å². The van der Waals surface area contributed by atoms with Gasteiger partial charge in [0.2, 0.25) is 5.82 Å². The number of thiazole rings is 1. The molecule has 1 aliphatic heterocycles. The van der Waals surface area contributed by atoms with Gasteiger partial charge in [-0.3, -0.25) is 0 Å². The van der Waals surface area contributed by atoms with Crippen molar-refractivity contribution in [1.29, 1.82) is 5.26 Å². The number of nitrogens with zero attached hydrogens (tertiary/aromatic N) is 6. The van der Waals surface area contributed by atoms with Gasteiger partial charge < -0.3 is 10.2 Å². The van der Waals surface area contributed by atoms with Crippen LogP contribution in [-0.2, 0) is 5.92 Å². The zero-order valence-corrected chi connectivity index (χ0v) is 18.6. The first-order chi connectivity index (χ1) is 14.5. The highest BCUT2D eigenvalue weighted by atomic mass is 32.1. The molecule has 0 radical (unpaired) electrons. The zero-order valence-electron chi connectivity index (χ0n) is 17.8. The summed E-state index contributed by atoms with van der Waals surface area (Å²) >= 11 is 1.43. The number of aromatic nitrogens is 4. The van der Waals surface area contributed by atoms with Crippen LogP contribution < -0.4 is 10.2 Å². The second kappa shape index (κ2) is 7.17. The molecule has 4 heterocycles. The van der Waals surface area contributed by atoms with Crippen molar-refractivity contribution in [3.8, 4) is 17.3 Å². The molecule has 0 spiro atoms. The molecule has 1 saturated heterocycles. The largest absolute Gasteiger partial charge is 0.351 e. The number of likely N-dealkylation sites (N-methyl/N-ethyl adjacent to an activating group) is 1. The fourth-order valence-electron chi connectivity index (χ4n) is 3.94. The Morgan fingerprint density at radius 1 is 1.35 bits per heavy atom. The van der Waals surface area contributed by atoms with E-state index in [4.69, 9.17) is 0 Å². The maximum absolute atomic E-state index is 15.0. The van der Waals surface area contributed by atoms with E-state index in [1.165, 1.54) is 15.9 Å². The van der Waals surface area contributed by atoms with Crippen molar-refractivity contribution in [3.05, 3.63) is 27.3 Å². The molecule has 1 aliphatic rings. The van der Waals surface area contributed by atoms with Gasteiger partial charge in [-0.15, -0.1) is 16.4 Å². The van der Waals surface area contributed by atoms with Gasteiger partial charge in [-0.25, -0.2) is 14.4 Å². The van der Waals surface area contributed by atoms with E-state index >= 15 is 0 Å². The van der Waals surface area contributed by atoms with Crippen LogP contribution in [0.25, 0.3) is 16.9 Å². The maximum atomic E-state index is 15.0. The number of rotatable bonds is 4. The van der Waals surface area contributed by atoms with Gasteiger partial charge in [0.25, 0.3) is 0 Å². The lowest BCUT2D eigenvalue weighted by Gasteiger charge is -2.27. The molecule has 1 N–H and O–H groups in total. The Hall–Kier alpha value is -2.71. The topological polar surface area (TPSA) is 82.1 Å². The second-order valence-electron chi connectivity index (χ2n) is 8.14. The molecular formula is C20H22F3N7S. The number of halogens is 3. The summed E-state index contributed by atoms with van der Waals surface area (Å²) in [6.07, 6.45) is -1.20. The first kappa shape index (κ1) is 21.5. The summed E-state index contributed by atoms with van der Waals surface area (Å²) in [5.74, 6) is -3.58. The van der Waals surface area contributed by atoms with Gasteiger partial charge in [0.05, 0.1) is 22.8 Å². The van der Waals surface area contributed by atoms with E-state index in [9.17, 15) is 18.4 Å². The van der Waals surface area contributed by atoms with Gasteiger partial charge >= 0.3 is 5.92 Å². The van der Waals surface area contributed by atoms with Gasteiger partial charge in [0.1, 0.15) is 23.6 Å². The van der Waals surface area contributed by atoms with Crippen molar-refractivity contribution < 1.29 is 13.2 Å². The lowest BCUT2D eigenvalue weighted by Crippen LogP contribution is -2.48. The van der Waals surface area contributed by atoms with Gasteiger partial charge in [-0.2, -0.15) is 18.6 Å². The molecule has 7 nitrogen and oxygen atoms in total. The van der Waals surface area contributed by atoms with E-state index in [-0.39, 0.29) is 24.3 Å². The molecule has 3 aromatic heterocycles. The normalized spacial score (nSPS) is 21.8. The third-order valence-electron chi connectivity index (χ3n) is 5.85. The van der Waals surface area contributed by atoms with Crippen LogP contribution in [0.3, 0.4) is 0 Å². The van der Waals surface area contributed by atoms with Crippen LogP contribution >= 0.6 is 11.3 Å². The van der Waals surface area contributed by atoms with Gasteiger partial charge in [0, 0.05) is 24.4 Å². The van der Waals surface area contributed by atoms with E-state index in [0.717, 1.165) is 5.01 Å². The highest BCUT2D eigenvalue weighted by Gasteiger charge is 2.45. The van der Waals surface area contributed by atoms with E-state index in [0.29, 0.717) is 29.6 Å². The molecule has 0 saturated carbocycles. The second-order valence-corrected chi connectivity index (χ2v) is 9.20. The lowest BCUT2D eigenvalue weighted by molar-refractivity contribution is 0.00801. The summed E-state index contributed by atoms with van der Waals surface area (Å²) in [5.41, 5.74) is 1.03. The number of pyridine rings is 1.